The fourth-order valence-corrected chi connectivity index (χ4v) is 6.15. The summed E-state index contributed by atoms with van der Waals surface area (Å²) in [5, 5.41) is 4.38. The maximum atomic E-state index is 13.4. The smallest absolute Gasteiger partial charge is 0.199 e. The average molecular weight is 401 g/mol. The first-order valence-corrected chi connectivity index (χ1v) is 11.0. The van der Waals surface area contributed by atoms with Crippen molar-refractivity contribution in [1.82, 2.24) is 9.19 Å². The molecule has 3 aromatic rings. The summed E-state index contributed by atoms with van der Waals surface area (Å²) >= 11 is 1.54. The second kappa shape index (κ2) is 7.17. The van der Waals surface area contributed by atoms with Crippen LogP contribution in [0.4, 0.5) is 0 Å². The zero-order valence-corrected chi connectivity index (χ0v) is 18.1. The summed E-state index contributed by atoms with van der Waals surface area (Å²) in [6, 6.07) is 12.0. The van der Waals surface area contributed by atoms with Crippen LogP contribution in [0.25, 0.3) is 0 Å². The zero-order valence-electron chi connectivity index (χ0n) is 16.5. The Kier molecular flexibility index (Phi) is 5.23. The second-order valence-corrected chi connectivity index (χ2v) is 9.78. The summed E-state index contributed by atoms with van der Waals surface area (Å²) in [6.45, 7) is 11.3. The monoisotopic (exact) mass is 400 g/mol. The van der Waals surface area contributed by atoms with Crippen molar-refractivity contribution in [2.24, 2.45) is 0 Å². The molecule has 0 saturated heterocycles. The molecule has 0 radical (unpaired) electrons. The fraction of sp³-hybridized carbons (Fsp3) is 0.286. The van der Waals surface area contributed by atoms with E-state index in [1.807, 2.05) is 77.9 Å². The maximum Gasteiger partial charge on any atom is 0.283 e. The molecule has 0 unspecified atom stereocenters. The molecule has 0 saturated carbocycles. The number of aryl methyl sites for hydroxylation is 5. The number of rotatable bonds is 4. The molecule has 0 N–H and O–H groups in total. The summed E-state index contributed by atoms with van der Waals surface area (Å²) in [5.41, 5.74) is 5.08. The number of nitrogens with zero attached hydrogens (tertiary/aromatic N) is 2. The van der Waals surface area contributed by atoms with E-state index in [4.69, 9.17) is 0 Å². The number of aromatic nitrogens is 2. The normalized spacial score (nSPS) is 11.8. The Bertz CT molecular complexity index is 1090. The molecule has 0 spiro atoms. The van der Waals surface area contributed by atoms with E-state index >= 15 is 0 Å². The quantitative estimate of drug-likeness (QED) is 0.610. The molecular weight excluding hydrogens is 376 g/mol. The van der Waals surface area contributed by atoms with Gasteiger partial charge in [0, 0.05) is 4.90 Å². The van der Waals surface area contributed by atoms with Crippen molar-refractivity contribution in [1.29, 1.82) is 0 Å². The lowest BCUT2D eigenvalue weighted by molar-refractivity contribution is 0.576. The molecule has 142 valence electrons. The lowest BCUT2D eigenvalue weighted by Crippen LogP contribution is -2.18. The van der Waals surface area contributed by atoms with Gasteiger partial charge in [-0.1, -0.05) is 47.2 Å². The van der Waals surface area contributed by atoms with Gasteiger partial charge in [0.15, 0.2) is 0 Å². The molecule has 0 fully saturated rings. The van der Waals surface area contributed by atoms with E-state index in [9.17, 15) is 8.42 Å². The van der Waals surface area contributed by atoms with Crippen molar-refractivity contribution in [3.8, 4) is 0 Å². The van der Waals surface area contributed by atoms with Crippen molar-refractivity contribution >= 4 is 21.8 Å². The van der Waals surface area contributed by atoms with E-state index in [0.717, 1.165) is 26.5 Å². The third kappa shape index (κ3) is 3.69. The Hall–Kier alpha value is -2.05. The third-order valence-corrected chi connectivity index (χ3v) is 7.79. The molecule has 2 aromatic carbocycles. The van der Waals surface area contributed by atoms with Crippen LogP contribution in [0.5, 0.6) is 0 Å². The van der Waals surface area contributed by atoms with Gasteiger partial charge in [0.25, 0.3) is 10.0 Å². The highest BCUT2D eigenvalue weighted by Crippen LogP contribution is 2.35. The average Bonchev–Trinajstić information content (AvgIpc) is 2.84. The molecule has 4 nitrogen and oxygen atoms in total. The highest BCUT2D eigenvalue weighted by Gasteiger charge is 2.27. The van der Waals surface area contributed by atoms with E-state index in [2.05, 4.69) is 5.10 Å². The molecule has 1 aromatic heterocycles. The SMILES string of the molecule is Cc1ccc(Sc2c(C)nn(S(=O)(=O)c3c(C)cc(C)cc3C)c2C)cc1. The number of benzene rings is 2. The van der Waals surface area contributed by atoms with Crippen molar-refractivity contribution in [2.75, 3.05) is 0 Å². The first-order valence-electron chi connectivity index (χ1n) is 8.75. The van der Waals surface area contributed by atoms with Crippen molar-refractivity contribution in [3.05, 3.63) is 70.0 Å². The van der Waals surface area contributed by atoms with Gasteiger partial charge < -0.3 is 0 Å². The zero-order chi connectivity index (χ0) is 19.9. The van der Waals surface area contributed by atoms with Crippen LogP contribution in [0.1, 0.15) is 33.6 Å². The van der Waals surface area contributed by atoms with Gasteiger partial charge in [0.05, 0.1) is 21.2 Å². The maximum absolute atomic E-state index is 13.4. The van der Waals surface area contributed by atoms with E-state index in [1.54, 1.807) is 11.8 Å². The Balaban J connectivity index is 2.09. The molecule has 6 heteroatoms. The largest absolute Gasteiger partial charge is 0.283 e. The molecule has 0 amide bonds. The van der Waals surface area contributed by atoms with Crippen LogP contribution in [0.2, 0.25) is 0 Å². The van der Waals surface area contributed by atoms with E-state index in [0.29, 0.717) is 16.3 Å². The van der Waals surface area contributed by atoms with Crippen LogP contribution < -0.4 is 0 Å². The first-order chi connectivity index (χ1) is 12.6. The molecular formula is C21H24N2O2S2. The minimum absolute atomic E-state index is 0.339. The van der Waals surface area contributed by atoms with Crippen LogP contribution in [0, 0.1) is 41.5 Å². The Morgan fingerprint density at radius 3 is 1.96 bits per heavy atom. The molecule has 0 aliphatic rings. The van der Waals surface area contributed by atoms with Gasteiger partial charge in [-0.15, -0.1) is 0 Å². The Labute approximate surface area is 165 Å². The lowest BCUT2D eigenvalue weighted by atomic mass is 10.1. The van der Waals surface area contributed by atoms with Gasteiger partial charge >= 0.3 is 0 Å². The van der Waals surface area contributed by atoms with E-state index in [1.165, 1.54) is 9.65 Å². The van der Waals surface area contributed by atoms with Crippen LogP contribution in [0.3, 0.4) is 0 Å². The van der Waals surface area contributed by atoms with Crippen LogP contribution in [-0.4, -0.2) is 17.6 Å². The standard InChI is InChI=1S/C21H24N2O2S2/c1-13-7-9-19(10-8-13)26-20-17(5)22-23(18(20)6)27(24,25)21-15(3)11-14(2)12-16(21)4/h7-12H,1-6H3. The number of hydrogen-bond acceptors (Lipinski definition) is 4. The third-order valence-electron chi connectivity index (χ3n) is 4.52. The van der Waals surface area contributed by atoms with Crippen molar-refractivity contribution < 1.29 is 8.42 Å². The lowest BCUT2D eigenvalue weighted by Gasteiger charge is -2.13. The Morgan fingerprint density at radius 1 is 0.852 bits per heavy atom. The molecule has 0 bridgehead atoms. The van der Waals surface area contributed by atoms with Gasteiger partial charge in [0.2, 0.25) is 0 Å². The minimum atomic E-state index is -3.76. The fourth-order valence-electron chi connectivity index (χ4n) is 3.37. The minimum Gasteiger partial charge on any atom is -0.199 e. The molecule has 0 atom stereocenters. The van der Waals surface area contributed by atoms with Crippen LogP contribution in [-0.2, 0) is 10.0 Å². The summed E-state index contributed by atoms with van der Waals surface area (Å²) in [5.74, 6) is 0. The van der Waals surface area contributed by atoms with Gasteiger partial charge in [0.1, 0.15) is 0 Å². The second-order valence-electron chi connectivity index (χ2n) is 6.99. The molecule has 1 heterocycles. The summed E-state index contributed by atoms with van der Waals surface area (Å²) in [7, 11) is -3.76. The Morgan fingerprint density at radius 2 is 1.41 bits per heavy atom. The molecule has 3 rings (SSSR count). The van der Waals surface area contributed by atoms with Gasteiger partial charge in [-0.3, -0.25) is 0 Å². The van der Waals surface area contributed by atoms with Crippen molar-refractivity contribution in [2.45, 2.75) is 56.2 Å². The van der Waals surface area contributed by atoms with Gasteiger partial charge in [-0.2, -0.15) is 17.6 Å². The van der Waals surface area contributed by atoms with E-state index in [-0.39, 0.29) is 0 Å². The number of hydrogen-bond donors (Lipinski definition) is 0. The van der Waals surface area contributed by atoms with Crippen LogP contribution in [0.15, 0.2) is 51.1 Å². The predicted octanol–water partition coefficient (Wildman–Crippen LogP) is 5.12. The summed E-state index contributed by atoms with van der Waals surface area (Å²) < 4.78 is 27.9. The molecule has 0 aliphatic carbocycles. The summed E-state index contributed by atoms with van der Waals surface area (Å²) in [4.78, 5) is 2.28. The highest BCUT2D eigenvalue weighted by atomic mass is 32.2. The van der Waals surface area contributed by atoms with Crippen molar-refractivity contribution in [3.63, 3.8) is 0 Å². The predicted molar refractivity (Wildman–Crippen MR) is 110 cm³/mol. The van der Waals surface area contributed by atoms with Gasteiger partial charge in [-0.25, -0.2) is 0 Å². The summed E-state index contributed by atoms with van der Waals surface area (Å²) in [6.07, 6.45) is 0. The van der Waals surface area contributed by atoms with E-state index < -0.39 is 10.0 Å². The topological polar surface area (TPSA) is 52.0 Å². The molecule has 27 heavy (non-hydrogen) atoms. The molecule has 0 aliphatic heterocycles. The van der Waals surface area contributed by atoms with Crippen LogP contribution >= 0.6 is 11.8 Å². The van der Waals surface area contributed by atoms with Gasteiger partial charge in [-0.05, 0) is 64.8 Å². The highest BCUT2D eigenvalue weighted by molar-refractivity contribution is 7.99. The first kappa shape index (κ1) is 19.7.